The second kappa shape index (κ2) is 9.66. The van der Waals surface area contributed by atoms with Crippen LogP contribution in [0.1, 0.15) is 40.1 Å². The zero-order valence-corrected chi connectivity index (χ0v) is 19.1. The van der Waals surface area contributed by atoms with Crippen molar-refractivity contribution in [1.29, 1.82) is 0 Å². The smallest absolute Gasteiger partial charge is 0.185 e. The lowest BCUT2D eigenvalue weighted by Gasteiger charge is -2.14. The molecule has 0 amide bonds. The van der Waals surface area contributed by atoms with Crippen molar-refractivity contribution in [2.45, 2.75) is 24.8 Å². The zero-order chi connectivity index (χ0) is 23.5. The summed E-state index contributed by atoms with van der Waals surface area (Å²) in [4.78, 5) is 14.5. The summed E-state index contributed by atoms with van der Waals surface area (Å²) in [5, 5.41) is 29.2. The second-order valence-corrected chi connectivity index (χ2v) is 8.19. The Hall–Kier alpha value is -3.33. The van der Waals surface area contributed by atoms with Crippen LogP contribution >= 0.6 is 24.2 Å². The maximum atomic E-state index is 11.5. The molecule has 7 nitrogen and oxygen atoms in total. The standard InChI is InChI=1S/C24H20ClN3O4S/c1-13(29)18-9-10-19(20(25)22(18)31)32-12-14-5-7-15(8-6-14)21(30)16-3-2-4-17(11-16)23-26-24(33)28-27-23/h2-11,21,30-31H,12H2,1H3,(H2,26,27,28,33). The number of benzene rings is 3. The van der Waals surface area contributed by atoms with E-state index in [2.05, 4.69) is 27.8 Å². The Morgan fingerprint density at radius 1 is 1.12 bits per heavy atom. The molecule has 1 aromatic heterocycles. The number of carbonyl (C=O) groups is 1. The molecule has 0 saturated heterocycles. The van der Waals surface area contributed by atoms with Crippen LogP contribution < -0.4 is 4.74 Å². The van der Waals surface area contributed by atoms with E-state index in [1.54, 1.807) is 6.07 Å². The highest BCUT2D eigenvalue weighted by Crippen LogP contribution is 2.36. The Bertz CT molecular complexity index is 1310. The molecule has 3 N–H and O–H groups in total. The largest absolute Gasteiger partial charge is 0.505 e. The summed E-state index contributed by atoms with van der Waals surface area (Å²) >= 11 is 10.3. The number of rotatable bonds is 7. The molecule has 0 fully saturated rings. The lowest BCUT2D eigenvalue weighted by molar-refractivity contribution is 0.101. The van der Waals surface area contributed by atoms with Gasteiger partial charge in [-0.25, -0.2) is 0 Å². The number of Topliss-reactive ketones (excluding diaryl/α,β-unsaturated/α-hetero) is 1. The van der Waals surface area contributed by atoms with Gasteiger partial charge in [0.1, 0.15) is 29.2 Å². The van der Waals surface area contributed by atoms with Gasteiger partial charge in [-0.15, -0.1) is 22.8 Å². The third-order valence-electron chi connectivity index (χ3n) is 5.10. The van der Waals surface area contributed by atoms with Crippen LogP contribution in [0.5, 0.6) is 11.5 Å². The minimum absolute atomic E-state index is 0.00795. The Morgan fingerprint density at radius 3 is 2.55 bits per heavy atom. The summed E-state index contributed by atoms with van der Waals surface area (Å²) < 4.78 is 5.70. The summed E-state index contributed by atoms with van der Waals surface area (Å²) in [7, 11) is 0. The molecule has 168 valence electrons. The van der Waals surface area contributed by atoms with Crippen LogP contribution in [-0.2, 0) is 6.61 Å². The van der Waals surface area contributed by atoms with Gasteiger partial charge in [0.05, 0.1) is 5.56 Å². The van der Waals surface area contributed by atoms with Gasteiger partial charge in [0.25, 0.3) is 0 Å². The molecule has 0 aliphatic heterocycles. The van der Waals surface area contributed by atoms with Crippen LogP contribution in [0.25, 0.3) is 11.4 Å². The summed E-state index contributed by atoms with van der Waals surface area (Å²) in [5.74, 6) is 0.269. The van der Waals surface area contributed by atoms with Gasteiger partial charge in [-0.2, -0.15) is 0 Å². The van der Waals surface area contributed by atoms with Gasteiger partial charge in [-0.05, 0) is 41.8 Å². The van der Waals surface area contributed by atoms with Crippen molar-refractivity contribution < 1.29 is 19.7 Å². The molecule has 4 rings (SSSR count). The number of ketones is 1. The molecule has 1 atom stereocenters. The average molecular weight is 482 g/mol. The number of hydrogen-bond donors (Lipinski definition) is 4. The van der Waals surface area contributed by atoms with Gasteiger partial charge in [-0.3, -0.25) is 4.79 Å². The van der Waals surface area contributed by atoms with Crippen molar-refractivity contribution in [3.63, 3.8) is 0 Å². The number of carbonyl (C=O) groups excluding carboxylic acids is 1. The normalized spacial score (nSPS) is 11.9. The number of nitrogens with zero attached hydrogens (tertiary/aromatic N) is 2. The first-order valence-corrected chi connectivity index (χ1v) is 10.8. The van der Waals surface area contributed by atoms with Crippen molar-refractivity contribution >= 4 is 30.0 Å². The number of phenolic OH excluding ortho intramolecular Hbond substituents is 1. The van der Waals surface area contributed by atoms with Crippen LogP contribution in [0.3, 0.4) is 0 Å². The molecule has 0 spiro atoms. The SMILES string of the molecule is CC(=O)c1ccc(OCc2ccc(C(O)c3cccc(-c4nnc(S)[nH]4)c3)cc2)c(Cl)c1O. The molecule has 0 saturated carbocycles. The minimum atomic E-state index is -0.830. The predicted octanol–water partition coefficient (Wildman–Crippen LogP) is 4.98. The van der Waals surface area contributed by atoms with Crippen molar-refractivity contribution in [3.8, 4) is 22.9 Å². The Morgan fingerprint density at radius 2 is 1.88 bits per heavy atom. The molecule has 0 aliphatic rings. The first kappa shape index (κ1) is 22.8. The molecular formula is C24H20ClN3O4S. The van der Waals surface area contributed by atoms with E-state index in [-0.39, 0.29) is 34.5 Å². The Balaban J connectivity index is 1.46. The van der Waals surface area contributed by atoms with Crippen LogP contribution in [0.4, 0.5) is 0 Å². The maximum absolute atomic E-state index is 11.5. The third kappa shape index (κ3) is 5.03. The number of H-pyrrole nitrogens is 1. The van der Waals surface area contributed by atoms with E-state index < -0.39 is 6.10 Å². The fourth-order valence-electron chi connectivity index (χ4n) is 3.33. The van der Waals surface area contributed by atoms with Gasteiger partial charge >= 0.3 is 0 Å². The fourth-order valence-corrected chi connectivity index (χ4v) is 3.70. The second-order valence-electron chi connectivity index (χ2n) is 7.39. The highest BCUT2D eigenvalue weighted by molar-refractivity contribution is 7.80. The van der Waals surface area contributed by atoms with E-state index in [9.17, 15) is 15.0 Å². The summed E-state index contributed by atoms with van der Waals surface area (Å²) in [6, 6.07) is 17.7. The van der Waals surface area contributed by atoms with E-state index >= 15 is 0 Å². The number of hydrogen-bond acceptors (Lipinski definition) is 7. The number of aliphatic hydroxyl groups is 1. The first-order valence-electron chi connectivity index (χ1n) is 9.97. The predicted molar refractivity (Wildman–Crippen MR) is 127 cm³/mol. The van der Waals surface area contributed by atoms with Gasteiger partial charge in [0.15, 0.2) is 16.8 Å². The molecule has 0 bridgehead atoms. The summed E-state index contributed by atoms with van der Waals surface area (Å²) in [6.45, 7) is 1.55. The third-order valence-corrected chi connectivity index (χ3v) is 5.67. The Kier molecular flexibility index (Phi) is 6.69. The monoisotopic (exact) mass is 481 g/mol. The summed E-state index contributed by atoms with van der Waals surface area (Å²) in [5.41, 5.74) is 3.20. The lowest BCUT2D eigenvalue weighted by atomic mass is 9.98. The first-order chi connectivity index (χ1) is 15.8. The molecule has 1 heterocycles. The van der Waals surface area contributed by atoms with Crippen molar-refractivity contribution in [2.24, 2.45) is 0 Å². The molecule has 9 heteroatoms. The Labute approximate surface area is 200 Å². The van der Waals surface area contributed by atoms with E-state index in [0.717, 1.165) is 11.1 Å². The van der Waals surface area contributed by atoms with Crippen molar-refractivity contribution in [1.82, 2.24) is 15.2 Å². The van der Waals surface area contributed by atoms with Gasteiger partial charge in [0, 0.05) is 5.56 Å². The van der Waals surface area contributed by atoms with E-state index in [0.29, 0.717) is 22.1 Å². The van der Waals surface area contributed by atoms with Crippen LogP contribution in [0, 0.1) is 0 Å². The highest BCUT2D eigenvalue weighted by atomic mass is 35.5. The summed E-state index contributed by atoms with van der Waals surface area (Å²) in [6.07, 6.45) is -0.830. The average Bonchev–Trinajstić information content (AvgIpc) is 3.26. The number of aromatic hydroxyl groups is 1. The fraction of sp³-hybridized carbons (Fsp3) is 0.125. The number of aliphatic hydroxyl groups excluding tert-OH is 1. The number of halogens is 1. The number of ether oxygens (including phenoxy) is 1. The molecule has 0 aliphatic carbocycles. The maximum Gasteiger partial charge on any atom is 0.185 e. The molecule has 33 heavy (non-hydrogen) atoms. The number of thiol groups is 1. The van der Waals surface area contributed by atoms with Gasteiger partial charge in [-0.1, -0.05) is 54.1 Å². The highest BCUT2D eigenvalue weighted by Gasteiger charge is 2.16. The van der Waals surface area contributed by atoms with Crippen LogP contribution in [0.15, 0.2) is 65.8 Å². The van der Waals surface area contributed by atoms with Crippen LogP contribution in [0.2, 0.25) is 5.02 Å². The molecule has 4 aromatic rings. The van der Waals surface area contributed by atoms with E-state index in [1.807, 2.05) is 48.5 Å². The zero-order valence-electron chi connectivity index (χ0n) is 17.5. The van der Waals surface area contributed by atoms with Crippen molar-refractivity contribution in [3.05, 3.63) is 87.9 Å². The molecule has 0 radical (unpaired) electrons. The van der Waals surface area contributed by atoms with Crippen molar-refractivity contribution in [2.75, 3.05) is 0 Å². The molecule has 1 unspecified atom stereocenters. The lowest BCUT2D eigenvalue weighted by Crippen LogP contribution is -2.02. The van der Waals surface area contributed by atoms with Gasteiger partial charge < -0.3 is 19.9 Å². The number of aromatic amines is 1. The van der Waals surface area contributed by atoms with E-state index in [1.165, 1.54) is 13.0 Å². The molecule has 3 aromatic carbocycles. The number of phenols is 1. The van der Waals surface area contributed by atoms with Crippen LogP contribution in [-0.4, -0.2) is 31.2 Å². The number of nitrogens with one attached hydrogen (secondary N) is 1. The topological polar surface area (TPSA) is 108 Å². The minimum Gasteiger partial charge on any atom is -0.505 e. The van der Waals surface area contributed by atoms with Gasteiger partial charge in [0.2, 0.25) is 0 Å². The number of aromatic nitrogens is 3. The quantitative estimate of drug-likeness (QED) is 0.219. The molecular weight excluding hydrogens is 462 g/mol. The van der Waals surface area contributed by atoms with E-state index in [4.69, 9.17) is 16.3 Å².